The molecule has 1 heteroatoms. The summed E-state index contributed by atoms with van der Waals surface area (Å²) in [6.07, 6.45) is 7.46. The van der Waals surface area contributed by atoms with E-state index in [-0.39, 0.29) is 0 Å². The van der Waals surface area contributed by atoms with Crippen LogP contribution in [0.25, 0.3) is 11.6 Å². The van der Waals surface area contributed by atoms with E-state index in [4.69, 9.17) is 11.6 Å². The monoisotopic (exact) mass is 322 g/mol. The lowest BCUT2D eigenvalue weighted by molar-refractivity contribution is 0.681. The standard InChI is InChI=1S/C22H23Cl/c1-4-7-17-13-18(14-21-20(17)8-6-9-22(21)23)19-11-10-15(3)12-16(19)5-2/h5-12,18H,2,4,13-14H2,1,3H3. The number of aryl methyl sites for hydroxylation is 1. The van der Waals surface area contributed by atoms with Gasteiger partial charge in [0.05, 0.1) is 0 Å². The van der Waals surface area contributed by atoms with Crippen molar-refractivity contribution in [3.8, 4) is 0 Å². The largest absolute Gasteiger partial charge is 0.0985 e. The average Bonchev–Trinajstić information content (AvgIpc) is 2.55. The average molecular weight is 323 g/mol. The molecule has 0 fully saturated rings. The van der Waals surface area contributed by atoms with Gasteiger partial charge in [0, 0.05) is 5.02 Å². The molecular weight excluding hydrogens is 300 g/mol. The number of allylic oxidation sites excluding steroid dienone is 2. The summed E-state index contributed by atoms with van der Waals surface area (Å²) >= 11 is 6.51. The normalized spacial score (nSPS) is 18.7. The minimum absolute atomic E-state index is 0.466. The lowest BCUT2D eigenvalue weighted by atomic mass is 9.76. The van der Waals surface area contributed by atoms with Gasteiger partial charge in [0.15, 0.2) is 0 Å². The molecule has 2 aromatic rings. The molecule has 0 saturated heterocycles. The third kappa shape index (κ3) is 3.14. The van der Waals surface area contributed by atoms with Crippen LogP contribution in [0.4, 0.5) is 0 Å². The molecule has 118 valence electrons. The fraction of sp³-hybridized carbons (Fsp3) is 0.273. The predicted molar refractivity (Wildman–Crippen MR) is 102 cm³/mol. The quantitative estimate of drug-likeness (QED) is 0.582. The molecule has 0 N–H and O–H groups in total. The van der Waals surface area contributed by atoms with E-state index in [9.17, 15) is 0 Å². The molecule has 0 bridgehead atoms. The lowest BCUT2D eigenvalue weighted by Crippen LogP contribution is -2.14. The van der Waals surface area contributed by atoms with Crippen molar-refractivity contribution in [3.63, 3.8) is 0 Å². The zero-order valence-corrected chi connectivity index (χ0v) is 14.7. The highest BCUT2D eigenvalue weighted by atomic mass is 35.5. The second-order valence-electron chi connectivity index (χ2n) is 6.35. The zero-order valence-electron chi connectivity index (χ0n) is 13.9. The minimum Gasteiger partial charge on any atom is -0.0985 e. The Morgan fingerprint density at radius 3 is 2.78 bits per heavy atom. The van der Waals surface area contributed by atoms with Crippen LogP contribution in [0.3, 0.4) is 0 Å². The van der Waals surface area contributed by atoms with E-state index in [0.717, 1.165) is 24.3 Å². The molecular formula is C22H23Cl. The van der Waals surface area contributed by atoms with Crippen molar-refractivity contribution in [2.24, 2.45) is 0 Å². The molecule has 0 aliphatic heterocycles. The molecule has 23 heavy (non-hydrogen) atoms. The van der Waals surface area contributed by atoms with Gasteiger partial charge >= 0.3 is 0 Å². The third-order valence-electron chi connectivity index (χ3n) is 4.73. The topological polar surface area (TPSA) is 0 Å². The summed E-state index contributed by atoms with van der Waals surface area (Å²) in [6, 6.07) is 13.0. The van der Waals surface area contributed by atoms with Gasteiger partial charge in [-0.05, 0) is 66.0 Å². The Bertz CT molecular complexity index is 768. The zero-order chi connectivity index (χ0) is 16.4. The van der Waals surface area contributed by atoms with Crippen molar-refractivity contribution in [1.82, 2.24) is 0 Å². The highest BCUT2D eigenvalue weighted by molar-refractivity contribution is 6.31. The van der Waals surface area contributed by atoms with Gasteiger partial charge in [-0.3, -0.25) is 0 Å². The van der Waals surface area contributed by atoms with E-state index in [1.165, 1.54) is 33.4 Å². The summed E-state index contributed by atoms with van der Waals surface area (Å²) in [5.74, 6) is 0.466. The summed E-state index contributed by atoms with van der Waals surface area (Å²) in [5.41, 5.74) is 7.97. The SMILES string of the molecule is C=Cc1cc(C)ccc1C1CC(=CCC)c2cccc(Cl)c2C1. The predicted octanol–water partition coefficient (Wildman–Crippen LogP) is 6.81. The van der Waals surface area contributed by atoms with Crippen LogP contribution in [0.5, 0.6) is 0 Å². The van der Waals surface area contributed by atoms with Gasteiger partial charge in [-0.2, -0.15) is 0 Å². The number of benzene rings is 2. The van der Waals surface area contributed by atoms with E-state index >= 15 is 0 Å². The van der Waals surface area contributed by atoms with Gasteiger partial charge in [0.25, 0.3) is 0 Å². The van der Waals surface area contributed by atoms with Crippen molar-refractivity contribution in [1.29, 1.82) is 0 Å². The molecule has 0 aromatic heterocycles. The summed E-state index contributed by atoms with van der Waals surface area (Å²) < 4.78 is 0. The Hall–Kier alpha value is -1.79. The van der Waals surface area contributed by atoms with E-state index in [0.29, 0.717) is 5.92 Å². The van der Waals surface area contributed by atoms with Crippen LogP contribution in [-0.2, 0) is 6.42 Å². The van der Waals surface area contributed by atoms with E-state index in [1.807, 2.05) is 12.1 Å². The molecule has 1 atom stereocenters. The van der Waals surface area contributed by atoms with Crippen molar-refractivity contribution in [3.05, 3.63) is 81.9 Å². The Morgan fingerprint density at radius 2 is 2.04 bits per heavy atom. The maximum absolute atomic E-state index is 6.51. The summed E-state index contributed by atoms with van der Waals surface area (Å²) in [7, 11) is 0. The summed E-state index contributed by atoms with van der Waals surface area (Å²) in [6.45, 7) is 8.33. The number of fused-ring (bicyclic) bond motifs is 1. The van der Waals surface area contributed by atoms with Gasteiger partial charge < -0.3 is 0 Å². The maximum atomic E-state index is 6.51. The number of hydrogen-bond donors (Lipinski definition) is 0. The number of hydrogen-bond acceptors (Lipinski definition) is 0. The molecule has 0 radical (unpaired) electrons. The highest BCUT2D eigenvalue weighted by Crippen LogP contribution is 2.43. The molecule has 0 amide bonds. The van der Waals surface area contributed by atoms with Gasteiger partial charge in [0.1, 0.15) is 0 Å². The van der Waals surface area contributed by atoms with Crippen molar-refractivity contribution < 1.29 is 0 Å². The molecule has 1 aliphatic carbocycles. The summed E-state index contributed by atoms with van der Waals surface area (Å²) in [5, 5.41) is 0.890. The minimum atomic E-state index is 0.466. The number of halogens is 1. The Morgan fingerprint density at radius 1 is 1.22 bits per heavy atom. The van der Waals surface area contributed by atoms with Crippen LogP contribution in [0, 0.1) is 6.92 Å². The van der Waals surface area contributed by atoms with E-state index < -0.39 is 0 Å². The Balaban J connectivity index is 2.09. The van der Waals surface area contributed by atoms with E-state index in [2.05, 4.69) is 56.8 Å². The Labute approximate surface area is 144 Å². The first-order valence-electron chi connectivity index (χ1n) is 8.33. The van der Waals surface area contributed by atoms with Gasteiger partial charge in [-0.25, -0.2) is 0 Å². The maximum Gasteiger partial charge on any atom is 0.0444 e. The van der Waals surface area contributed by atoms with Gasteiger partial charge in [-0.1, -0.05) is 73.2 Å². The van der Waals surface area contributed by atoms with Crippen LogP contribution in [0.1, 0.15) is 53.5 Å². The van der Waals surface area contributed by atoms with Crippen LogP contribution < -0.4 is 0 Å². The first-order valence-corrected chi connectivity index (χ1v) is 8.71. The fourth-order valence-electron chi connectivity index (χ4n) is 3.66. The van der Waals surface area contributed by atoms with Crippen LogP contribution in [0.2, 0.25) is 5.02 Å². The molecule has 0 saturated carbocycles. The van der Waals surface area contributed by atoms with Crippen molar-refractivity contribution >= 4 is 23.3 Å². The van der Waals surface area contributed by atoms with Gasteiger partial charge in [-0.15, -0.1) is 0 Å². The molecule has 0 heterocycles. The van der Waals surface area contributed by atoms with Crippen LogP contribution in [-0.4, -0.2) is 0 Å². The molecule has 0 nitrogen and oxygen atoms in total. The second kappa shape index (κ2) is 6.76. The molecule has 3 rings (SSSR count). The lowest BCUT2D eigenvalue weighted by Gasteiger charge is -2.29. The molecule has 2 aromatic carbocycles. The Kier molecular flexibility index (Phi) is 4.73. The van der Waals surface area contributed by atoms with E-state index in [1.54, 1.807) is 0 Å². The summed E-state index contributed by atoms with van der Waals surface area (Å²) in [4.78, 5) is 0. The van der Waals surface area contributed by atoms with Crippen LogP contribution >= 0.6 is 11.6 Å². The van der Waals surface area contributed by atoms with Crippen molar-refractivity contribution in [2.75, 3.05) is 0 Å². The van der Waals surface area contributed by atoms with Crippen molar-refractivity contribution in [2.45, 2.75) is 39.0 Å². The first kappa shape index (κ1) is 16.1. The highest BCUT2D eigenvalue weighted by Gasteiger charge is 2.26. The third-order valence-corrected chi connectivity index (χ3v) is 5.09. The second-order valence-corrected chi connectivity index (χ2v) is 6.75. The molecule has 1 unspecified atom stereocenters. The van der Waals surface area contributed by atoms with Gasteiger partial charge in [0.2, 0.25) is 0 Å². The number of rotatable bonds is 3. The molecule has 0 spiro atoms. The fourth-order valence-corrected chi connectivity index (χ4v) is 3.91. The first-order chi connectivity index (χ1) is 11.1. The smallest absolute Gasteiger partial charge is 0.0444 e. The van der Waals surface area contributed by atoms with Crippen LogP contribution in [0.15, 0.2) is 49.1 Å². The molecule has 1 aliphatic rings.